The maximum absolute atomic E-state index is 12.2. The van der Waals surface area contributed by atoms with Crippen molar-refractivity contribution in [3.05, 3.63) is 30.4 Å². The summed E-state index contributed by atoms with van der Waals surface area (Å²) in [5, 5.41) is 0. The zero-order chi connectivity index (χ0) is 17.7. The Morgan fingerprint density at radius 3 is 2.92 bits per heavy atom. The predicted molar refractivity (Wildman–Crippen MR) is 88.0 cm³/mol. The van der Waals surface area contributed by atoms with Gasteiger partial charge in [0, 0.05) is 17.9 Å². The fraction of sp³-hybridized carbons (Fsp3) is 0.600. The molecule has 0 spiro atoms. The van der Waals surface area contributed by atoms with Crippen molar-refractivity contribution in [3.8, 4) is 0 Å². The van der Waals surface area contributed by atoms with Gasteiger partial charge in [0.25, 0.3) is 10.1 Å². The van der Waals surface area contributed by atoms with Gasteiger partial charge in [0.2, 0.25) is 0 Å². The Morgan fingerprint density at radius 2 is 2.33 bits per heavy atom. The van der Waals surface area contributed by atoms with Crippen LogP contribution in [0.1, 0.15) is 24.4 Å². The topological polar surface area (TPSA) is 102 Å². The maximum Gasteiger partial charge on any atom is 0.410 e. The van der Waals surface area contributed by atoms with Gasteiger partial charge in [0.15, 0.2) is 0 Å². The van der Waals surface area contributed by atoms with Crippen LogP contribution in [0.2, 0.25) is 0 Å². The van der Waals surface area contributed by atoms with E-state index in [0.29, 0.717) is 19.3 Å². The Labute approximate surface area is 142 Å². The van der Waals surface area contributed by atoms with Crippen LogP contribution in [0.3, 0.4) is 0 Å². The van der Waals surface area contributed by atoms with Crippen molar-refractivity contribution in [1.29, 1.82) is 0 Å². The molecular formula is C15H23N3O5S. The number of hydrogen-bond donors (Lipinski definition) is 1. The fourth-order valence-electron chi connectivity index (χ4n) is 2.82. The standard InChI is InChI=1S/C15H23N3O5S/c1-4-7-22-15(19)18-10-14(23-24(3,20)21)8-13(18)6-5-12-9-16-11(2)17-12/h4,9,13-14H,1,5-8,10H2,2-3H3,(H,16,17)/t13-,14-/m1/s1. The van der Waals surface area contributed by atoms with Crippen LogP contribution in [0.4, 0.5) is 4.79 Å². The first-order valence-electron chi connectivity index (χ1n) is 7.71. The third-order valence-corrected chi connectivity index (χ3v) is 4.37. The van der Waals surface area contributed by atoms with Gasteiger partial charge in [-0.15, -0.1) is 0 Å². The highest BCUT2D eigenvalue weighted by Gasteiger charge is 2.38. The number of hydrogen-bond acceptors (Lipinski definition) is 6. The number of imidazole rings is 1. The van der Waals surface area contributed by atoms with Crippen LogP contribution in [-0.2, 0) is 25.5 Å². The van der Waals surface area contributed by atoms with E-state index in [1.807, 2.05) is 6.92 Å². The Morgan fingerprint density at radius 1 is 1.58 bits per heavy atom. The van der Waals surface area contributed by atoms with Crippen molar-refractivity contribution in [2.24, 2.45) is 0 Å². The van der Waals surface area contributed by atoms with Crippen molar-refractivity contribution in [1.82, 2.24) is 14.9 Å². The van der Waals surface area contributed by atoms with Gasteiger partial charge >= 0.3 is 6.09 Å². The van der Waals surface area contributed by atoms with Crippen LogP contribution < -0.4 is 0 Å². The summed E-state index contributed by atoms with van der Waals surface area (Å²) in [6.45, 7) is 5.68. The highest BCUT2D eigenvalue weighted by Crippen LogP contribution is 2.26. The second kappa shape index (κ2) is 7.80. The normalized spacial score (nSPS) is 21.0. The smallest absolute Gasteiger partial charge is 0.410 e. The number of rotatable bonds is 7. The lowest BCUT2D eigenvalue weighted by Crippen LogP contribution is -2.37. The molecule has 9 heteroatoms. The summed E-state index contributed by atoms with van der Waals surface area (Å²) in [4.78, 5) is 21.0. The van der Waals surface area contributed by atoms with Crippen LogP contribution in [0.25, 0.3) is 0 Å². The summed E-state index contributed by atoms with van der Waals surface area (Å²) < 4.78 is 32.8. The summed E-state index contributed by atoms with van der Waals surface area (Å²) in [6, 6.07) is -0.155. The monoisotopic (exact) mass is 357 g/mol. The summed E-state index contributed by atoms with van der Waals surface area (Å²) in [7, 11) is -3.57. The number of ether oxygens (including phenoxy) is 1. The van der Waals surface area contributed by atoms with E-state index in [1.165, 1.54) is 11.0 Å². The molecule has 1 aliphatic rings. The number of H-pyrrole nitrogens is 1. The van der Waals surface area contributed by atoms with Gasteiger partial charge < -0.3 is 14.6 Å². The predicted octanol–water partition coefficient (Wildman–Crippen LogP) is 1.39. The van der Waals surface area contributed by atoms with Gasteiger partial charge in [-0.05, 0) is 26.2 Å². The number of carbonyl (C=O) groups is 1. The van der Waals surface area contributed by atoms with E-state index < -0.39 is 22.3 Å². The van der Waals surface area contributed by atoms with E-state index in [4.69, 9.17) is 8.92 Å². The van der Waals surface area contributed by atoms with E-state index >= 15 is 0 Å². The largest absolute Gasteiger partial charge is 0.445 e. The summed E-state index contributed by atoms with van der Waals surface area (Å²) in [5.41, 5.74) is 0.972. The second-order valence-electron chi connectivity index (χ2n) is 5.86. The fourth-order valence-corrected chi connectivity index (χ4v) is 3.46. The minimum Gasteiger partial charge on any atom is -0.445 e. The molecular weight excluding hydrogens is 334 g/mol. The van der Waals surface area contributed by atoms with Crippen LogP contribution in [0.15, 0.2) is 18.9 Å². The molecule has 0 radical (unpaired) electrons. The minimum absolute atomic E-state index is 0.111. The summed E-state index contributed by atoms with van der Waals surface area (Å²) in [6.07, 6.45) is 5.02. The number of amides is 1. The zero-order valence-corrected chi connectivity index (χ0v) is 14.7. The van der Waals surface area contributed by atoms with Crippen molar-refractivity contribution < 1.29 is 22.1 Å². The Balaban J connectivity index is 2.02. The van der Waals surface area contributed by atoms with Crippen molar-refractivity contribution in [2.75, 3.05) is 19.4 Å². The number of carbonyl (C=O) groups excluding carboxylic acids is 1. The van der Waals surface area contributed by atoms with Crippen LogP contribution in [0, 0.1) is 6.92 Å². The molecule has 0 unspecified atom stereocenters. The number of aromatic nitrogens is 2. The highest BCUT2D eigenvalue weighted by molar-refractivity contribution is 7.86. The first kappa shape index (κ1) is 18.5. The molecule has 0 aliphatic carbocycles. The Kier molecular flexibility index (Phi) is 6.00. The summed E-state index contributed by atoms with van der Waals surface area (Å²) in [5.74, 6) is 0.831. The Bertz CT molecular complexity index is 685. The molecule has 2 rings (SSSR count). The first-order chi connectivity index (χ1) is 11.3. The van der Waals surface area contributed by atoms with Gasteiger partial charge in [0.1, 0.15) is 12.4 Å². The van der Waals surface area contributed by atoms with Gasteiger partial charge in [0.05, 0.1) is 18.9 Å². The molecule has 1 aromatic heterocycles. The molecule has 1 N–H and O–H groups in total. The quantitative estimate of drug-likeness (QED) is 0.584. The molecule has 8 nitrogen and oxygen atoms in total. The van der Waals surface area contributed by atoms with E-state index in [1.54, 1.807) is 6.20 Å². The highest BCUT2D eigenvalue weighted by atomic mass is 32.2. The average molecular weight is 357 g/mol. The maximum atomic E-state index is 12.2. The van der Waals surface area contributed by atoms with E-state index in [9.17, 15) is 13.2 Å². The van der Waals surface area contributed by atoms with Crippen LogP contribution >= 0.6 is 0 Å². The van der Waals surface area contributed by atoms with Gasteiger partial charge in [-0.25, -0.2) is 9.78 Å². The SMILES string of the molecule is C=CCOC(=O)N1C[C@H](OS(C)(=O)=O)C[C@H]1CCc1cnc(C)[nH]1. The number of nitrogens with one attached hydrogen (secondary N) is 1. The lowest BCUT2D eigenvalue weighted by molar-refractivity contribution is 0.103. The van der Waals surface area contributed by atoms with Crippen LogP contribution in [-0.4, -0.2) is 60.9 Å². The second-order valence-corrected chi connectivity index (χ2v) is 7.46. The van der Waals surface area contributed by atoms with E-state index in [2.05, 4.69) is 16.5 Å². The van der Waals surface area contributed by atoms with E-state index in [-0.39, 0.29) is 19.2 Å². The molecule has 1 amide bonds. The average Bonchev–Trinajstić information content (AvgIpc) is 3.07. The van der Waals surface area contributed by atoms with Gasteiger partial charge in [-0.1, -0.05) is 12.7 Å². The lowest BCUT2D eigenvalue weighted by atomic mass is 10.1. The molecule has 1 aromatic rings. The summed E-state index contributed by atoms with van der Waals surface area (Å²) >= 11 is 0. The molecule has 0 bridgehead atoms. The Hall–Kier alpha value is -1.87. The molecule has 0 saturated carbocycles. The van der Waals surface area contributed by atoms with Crippen molar-refractivity contribution in [3.63, 3.8) is 0 Å². The molecule has 2 atom stereocenters. The van der Waals surface area contributed by atoms with Gasteiger partial charge in [-0.3, -0.25) is 4.18 Å². The molecule has 2 heterocycles. The molecule has 1 aliphatic heterocycles. The van der Waals surface area contributed by atoms with Crippen LogP contribution in [0.5, 0.6) is 0 Å². The molecule has 1 saturated heterocycles. The number of aromatic amines is 1. The minimum atomic E-state index is -3.57. The third-order valence-electron chi connectivity index (χ3n) is 3.75. The number of likely N-dealkylation sites (tertiary alicyclic amines) is 1. The number of aryl methyl sites for hydroxylation is 2. The van der Waals surface area contributed by atoms with Gasteiger partial charge in [-0.2, -0.15) is 8.42 Å². The molecule has 1 fully saturated rings. The van der Waals surface area contributed by atoms with Crippen molar-refractivity contribution in [2.45, 2.75) is 38.3 Å². The zero-order valence-electron chi connectivity index (χ0n) is 13.9. The molecule has 0 aromatic carbocycles. The molecule has 134 valence electrons. The molecule has 24 heavy (non-hydrogen) atoms. The van der Waals surface area contributed by atoms with Crippen molar-refractivity contribution >= 4 is 16.2 Å². The lowest BCUT2D eigenvalue weighted by Gasteiger charge is -2.23. The third kappa shape index (κ3) is 5.34. The number of nitrogens with zero attached hydrogens (tertiary/aromatic N) is 2. The van der Waals surface area contributed by atoms with E-state index in [0.717, 1.165) is 17.8 Å². The first-order valence-corrected chi connectivity index (χ1v) is 9.53.